The van der Waals surface area contributed by atoms with Gasteiger partial charge in [-0.15, -0.1) is 0 Å². The zero-order valence-corrected chi connectivity index (χ0v) is 15.8. The van der Waals surface area contributed by atoms with Crippen molar-refractivity contribution < 1.29 is 23.0 Å². The molecule has 1 aromatic heterocycles. The SMILES string of the molecule is O=C(OCc1ccccc1)N1CCc2c(n3c4c(c(F)cc(F)c24)OCC3)CC1. The molecule has 150 valence electrons. The molecule has 0 fully saturated rings. The van der Waals surface area contributed by atoms with Crippen LogP contribution in [0.5, 0.6) is 5.75 Å². The van der Waals surface area contributed by atoms with Gasteiger partial charge in [0.25, 0.3) is 0 Å². The highest BCUT2D eigenvalue weighted by Crippen LogP contribution is 2.40. The van der Waals surface area contributed by atoms with Crippen LogP contribution in [0.4, 0.5) is 13.6 Å². The van der Waals surface area contributed by atoms with Crippen LogP contribution in [0, 0.1) is 11.6 Å². The summed E-state index contributed by atoms with van der Waals surface area (Å²) in [6, 6.07) is 10.4. The Labute approximate surface area is 166 Å². The molecule has 0 saturated heterocycles. The first-order valence-corrected chi connectivity index (χ1v) is 9.74. The van der Waals surface area contributed by atoms with Gasteiger partial charge in [-0.3, -0.25) is 0 Å². The van der Waals surface area contributed by atoms with Crippen LogP contribution in [0.2, 0.25) is 0 Å². The van der Waals surface area contributed by atoms with Crippen molar-refractivity contribution in [3.8, 4) is 5.75 Å². The third-order valence-electron chi connectivity index (χ3n) is 5.68. The molecule has 3 heterocycles. The number of ether oxygens (including phenoxy) is 2. The zero-order valence-electron chi connectivity index (χ0n) is 15.8. The van der Waals surface area contributed by atoms with Gasteiger partial charge in [0.1, 0.15) is 19.0 Å². The maximum atomic E-state index is 14.7. The fourth-order valence-electron chi connectivity index (χ4n) is 4.35. The predicted octanol–water partition coefficient (Wildman–Crippen LogP) is 4.05. The molecule has 2 aliphatic rings. The van der Waals surface area contributed by atoms with E-state index in [1.165, 1.54) is 0 Å². The number of nitrogens with zero attached hydrogens (tertiary/aromatic N) is 2. The van der Waals surface area contributed by atoms with Gasteiger partial charge in [0.2, 0.25) is 0 Å². The molecule has 0 N–H and O–H groups in total. The number of amides is 1. The smallest absolute Gasteiger partial charge is 0.410 e. The number of hydrogen-bond donors (Lipinski definition) is 0. The van der Waals surface area contributed by atoms with Gasteiger partial charge in [0.05, 0.1) is 12.1 Å². The Kier molecular flexibility index (Phi) is 4.38. The van der Waals surface area contributed by atoms with Crippen molar-refractivity contribution in [3.63, 3.8) is 0 Å². The van der Waals surface area contributed by atoms with E-state index in [1.807, 2.05) is 34.9 Å². The highest BCUT2D eigenvalue weighted by molar-refractivity contribution is 5.92. The Morgan fingerprint density at radius 3 is 2.69 bits per heavy atom. The van der Waals surface area contributed by atoms with E-state index >= 15 is 0 Å². The molecule has 0 radical (unpaired) electrons. The van der Waals surface area contributed by atoms with Crippen LogP contribution in [0.1, 0.15) is 16.8 Å². The fourth-order valence-corrected chi connectivity index (χ4v) is 4.35. The lowest BCUT2D eigenvalue weighted by atomic mass is 10.1. The van der Waals surface area contributed by atoms with Crippen LogP contribution in [-0.4, -0.2) is 35.3 Å². The summed E-state index contributed by atoms with van der Waals surface area (Å²) in [5.74, 6) is -1.13. The minimum atomic E-state index is -0.672. The largest absolute Gasteiger partial charge is 0.486 e. The van der Waals surface area contributed by atoms with Gasteiger partial charge in [0, 0.05) is 36.7 Å². The number of aromatic nitrogens is 1. The average Bonchev–Trinajstić information content (AvgIpc) is 2.90. The molecule has 5 rings (SSSR count). The van der Waals surface area contributed by atoms with E-state index in [0.717, 1.165) is 22.9 Å². The van der Waals surface area contributed by atoms with Crippen molar-refractivity contribution in [3.05, 3.63) is 64.9 Å². The minimum Gasteiger partial charge on any atom is -0.486 e. The van der Waals surface area contributed by atoms with E-state index in [1.54, 1.807) is 4.90 Å². The van der Waals surface area contributed by atoms with Crippen molar-refractivity contribution in [2.75, 3.05) is 19.7 Å². The summed E-state index contributed by atoms with van der Waals surface area (Å²) in [5.41, 5.74) is 3.21. The third-order valence-corrected chi connectivity index (χ3v) is 5.68. The molecule has 3 aromatic rings. The summed E-state index contributed by atoms with van der Waals surface area (Å²) in [5, 5.41) is 0.413. The molecule has 0 bridgehead atoms. The van der Waals surface area contributed by atoms with E-state index in [2.05, 4.69) is 0 Å². The van der Waals surface area contributed by atoms with Gasteiger partial charge in [0.15, 0.2) is 11.6 Å². The Hall–Kier alpha value is -3.09. The van der Waals surface area contributed by atoms with Crippen LogP contribution < -0.4 is 4.74 Å². The summed E-state index contributed by atoms with van der Waals surface area (Å²) >= 11 is 0. The molecule has 2 aliphatic heterocycles. The lowest BCUT2D eigenvalue weighted by Gasteiger charge is -2.22. The number of benzene rings is 2. The van der Waals surface area contributed by atoms with Crippen LogP contribution in [0.25, 0.3) is 10.9 Å². The van der Waals surface area contributed by atoms with E-state index in [0.29, 0.717) is 50.0 Å². The van der Waals surface area contributed by atoms with Gasteiger partial charge < -0.3 is 18.9 Å². The van der Waals surface area contributed by atoms with Gasteiger partial charge in [-0.25, -0.2) is 13.6 Å². The molecular weight excluding hydrogens is 378 g/mol. The number of rotatable bonds is 2. The van der Waals surface area contributed by atoms with E-state index in [4.69, 9.17) is 9.47 Å². The Bertz CT molecular complexity index is 1090. The molecule has 7 heteroatoms. The van der Waals surface area contributed by atoms with Crippen molar-refractivity contribution in [1.29, 1.82) is 0 Å². The van der Waals surface area contributed by atoms with Crippen LogP contribution in [-0.2, 0) is 30.7 Å². The number of halogens is 2. The quantitative estimate of drug-likeness (QED) is 0.654. The minimum absolute atomic E-state index is 0.125. The summed E-state index contributed by atoms with van der Waals surface area (Å²) in [7, 11) is 0. The standard InChI is InChI=1S/C22H20F2N2O3/c23-16-12-17(24)21-20-19(16)15-6-8-25(9-7-18(15)26(20)10-11-28-21)22(27)29-13-14-4-2-1-3-5-14/h1-5,12H,6-11,13H2. The maximum absolute atomic E-state index is 14.7. The molecule has 29 heavy (non-hydrogen) atoms. The van der Waals surface area contributed by atoms with Gasteiger partial charge >= 0.3 is 6.09 Å². The van der Waals surface area contributed by atoms with E-state index in [-0.39, 0.29) is 18.4 Å². The van der Waals surface area contributed by atoms with E-state index < -0.39 is 11.6 Å². The summed E-state index contributed by atoms with van der Waals surface area (Å²) in [6.45, 7) is 1.99. The van der Waals surface area contributed by atoms with Gasteiger partial charge in [-0.1, -0.05) is 30.3 Å². The summed E-state index contributed by atoms with van der Waals surface area (Å²) in [4.78, 5) is 14.2. The van der Waals surface area contributed by atoms with Crippen molar-refractivity contribution in [2.24, 2.45) is 0 Å². The normalized spacial score (nSPS) is 15.6. The fraction of sp³-hybridized carbons (Fsp3) is 0.318. The Balaban J connectivity index is 1.40. The number of carbonyl (C=O) groups excluding carboxylic acids is 1. The Morgan fingerprint density at radius 1 is 1.07 bits per heavy atom. The van der Waals surface area contributed by atoms with Crippen LogP contribution in [0.3, 0.4) is 0 Å². The maximum Gasteiger partial charge on any atom is 0.410 e. The molecule has 0 aliphatic carbocycles. The molecule has 0 saturated carbocycles. The average molecular weight is 398 g/mol. The van der Waals surface area contributed by atoms with Crippen molar-refractivity contribution in [2.45, 2.75) is 26.0 Å². The second-order valence-corrected chi connectivity index (χ2v) is 7.35. The number of hydrogen-bond acceptors (Lipinski definition) is 3. The summed E-state index contributed by atoms with van der Waals surface area (Å²) < 4.78 is 41.7. The molecular formula is C22H20F2N2O3. The molecule has 5 nitrogen and oxygen atoms in total. The Morgan fingerprint density at radius 2 is 1.86 bits per heavy atom. The number of fused-ring (bicyclic) bond motifs is 3. The van der Waals surface area contributed by atoms with Gasteiger partial charge in [-0.05, 0) is 17.5 Å². The van der Waals surface area contributed by atoms with E-state index in [9.17, 15) is 13.6 Å². The first-order valence-electron chi connectivity index (χ1n) is 9.74. The second-order valence-electron chi connectivity index (χ2n) is 7.35. The topological polar surface area (TPSA) is 43.7 Å². The number of carbonyl (C=O) groups is 1. The third kappa shape index (κ3) is 3.01. The highest BCUT2D eigenvalue weighted by Gasteiger charge is 2.30. The molecule has 0 atom stereocenters. The van der Waals surface area contributed by atoms with Gasteiger partial charge in [-0.2, -0.15) is 0 Å². The first kappa shape index (κ1) is 18.0. The monoisotopic (exact) mass is 398 g/mol. The second kappa shape index (κ2) is 7.06. The van der Waals surface area contributed by atoms with Crippen molar-refractivity contribution in [1.82, 2.24) is 9.47 Å². The predicted molar refractivity (Wildman–Crippen MR) is 103 cm³/mol. The van der Waals surface area contributed by atoms with Crippen LogP contribution in [0.15, 0.2) is 36.4 Å². The lowest BCUT2D eigenvalue weighted by molar-refractivity contribution is 0.0976. The molecule has 0 unspecified atom stereocenters. The molecule has 1 amide bonds. The molecule has 0 spiro atoms. The summed E-state index contributed by atoms with van der Waals surface area (Å²) in [6.07, 6.45) is 0.671. The lowest BCUT2D eigenvalue weighted by Crippen LogP contribution is -2.34. The van der Waals surface area contributed by atoms with Crippen LogP contribution >= 0.6 is 0 Å². The van der Waals surface area contributed by atoms with Crippen molar-refractivity contribution >= 4 is 17.0 Å². The first-order chi connectivity index (χ1) is 14.1. The highest BCUT2D eigenvalue weighted by atomic mass is 19.1. The zero-order chi connectivity index (χ0) is 20.0. The molecule has 2 aromatic carbocycles.